The molecule has 5 nitrogen and oxygen atoms in total. The highest BCUT2D eigenvalue weighted by molar-refractivity contribution is 8.27. The SMILES string of the molecule is OS1(O)C=Cc2ccc(Nc3nc(-c4ccccc4)c4cc(Cl)ccc4n3)cc21. The van der Waals surface area contributed by atoms with Gasteiger partial charge in [0.15, 0.2) is 0 Å². The zero-order chi connectivity index (χ0) is 20.0. The molecule has 29 heavy (non-hydrogen) atoms. The molecule has 0 atom stereocenters. The van der Waals surface area contributed by atoms with E-state index in [9.17, 15) is 9.11 Å². The van der Waals surface area contributed by atoms with E-state index < -0.39 is 10.6 Å². The lowest BCUT2D eigenvalue weighted by Crippen LogP contribution is -2.01. The zero-order valence-corrected chi connectivity index (χ0v) is 16.7. The molecule has 1 aromatic heterocycles. The Morgan fingerprint density at radius 1 is 0.897 bits per heavy atom. The van der Waals surface area contributed by atoms with E-state index in [4.69, 9.17) is 16.6 Å². The zero-order valence-electron chi connectivity index (χ0n) is 15.1. The van der Waals surface area contributed by atoms with Gasteiger partial charge in [-0.2, -0.15) is 0 Å². The predicted molar refractivity (Wildman–Crippen MR) is 120 cm³/mol. The molecular formula is C22H16ClN3O2S. The van der Waals surface area contributed by atoms with Gasteiger partial charge in [0.25, 0.3) is 0 Å². The lowest BCUT2D eigenvalue weighted by molar-refractivity contribution is 0.501. The molecule has 0 amide bonds. The molecule has 3 aromatic carbocycles. The van der Waals surface area contributed by atoms with Gasteiger partial charge in [0, 0.05) is 27.1 Å². The summed E-state index contributed by atoms with van der Waals surface area (Å²) < 4.78 is 20.4. The number of benzene rings is 3. The van der Waals surface area contributed by atoms with Crippen molar-refractivity contribution in [3.8, 4) is 11.3 Å². The first-order valence-electron chi connectivity index (χ1n) is 8.90. The molecule has 144 valence electrons. The van der Waals surface area contributed by atoms with Gasteiger partial charge in [-0.3, -0.25) is 9.11 Å². The first-order valence-corrected chi connectivity index (χ1v) is 10.9. The Bertz CT molecular complexity index is 1280. The number of nitrogens with zero attached hydrogens (tertiary/aromatic N) is 2. The van der Waals surface area contributed by atoms with Gasteiger partial charge in [0.2, 0.25) is 5.95 Å². The van der Waals surface area contributed by atoms with Crippen LogP contribution in [0.3, 0.4) is 0 Å². The Morgan fingerprint density at radius 3 is 2.55 bits per heavy atom. The van der Waals surface area contributed by atoms with Crippen LogP contribution in [-0.4, -0.2) is 19.1 Å². The van der Waals surface area contributed by atoms with Crippen LogP contribution in [0.2, 0.25) is 5.02 Å². The van der Waals surface area contributed by atoms with Gasteiger partial charge in [-0.05, 0) is 42.0 Å². The summed E-state index contributed by atoms with van der Waals surface area (Å²) >= 11 is 6.21. The molecule has 0 unspecified atom stereocenters. The average molecular weight is 422 g/mol. The van der Waals surface area contributed by atoms with Crippen LogP contribution in [0.25, 0.3) is 28.2 Å². The van der Waals surface area contributed by atoms with Crippen LogP contribution in [0.5, 0.6) is 0 Å². The first kappa shape index (κ1) is 18.1. The molecule has 0 saturated carbocycles. The number of anilines is 2. The maximum absolute atomic E-state index is 10.2. The van der Waals surface area contributed by atoms with E-state index in [0.717, 1.165) is 27.7 Å². The minimum Gasteiger partial charge on any atom is -0.324 e. The fraction of sp³-hybridized carbons (Fsp3) is 0. The molecular weight excluding hydrogens is 406 g/mol. The van der Waals surface area contributed by atoms with Crippen LogP contribution >= 0.6 is 22.2 Å². The summed E-state index contributed by atoms with van der Waals surface area (Å²) in [5.41, 5.74) is 3.97. The fourth-order valence-electron chi connectivity index (χ4n) is 3.35. The fourth-order valence-corrected chi connectivity index (χ4v) is 4.79. The summed E-state index contributed by atoms with van der Waals surface area (Å²) in [5.74, 6) is 0.418. The maximum Gasteiger partial charge on any atom is 0.228 e. The second-order valence-corrected chi connectivity index (χ2v) is 9.03. The summed E-state index contributed by atoms with van der Waals surface area (Å²) in [6.45, 7) is 0. The summed E-state index contributed by atoms with van der Waals surface area (Å²) in [5, 5.41) is 6.12. The number of aromatic nitrogens is 2. The van der Waals surface area contributed by atoms with Gasteiger partial charge in [-0.15, -0.1) is 10.6 Å². The number of nitrogens with one attached hydrogen (secondary N) is 1. The Labute approximate surface area is 174 Å². The number of halogens is 1. The van der Waals surface area contributed by atoms with E-state index in [2.05, 4.69) is 10.3 Å². The molecule has 0 saturated heterocycles. The lowest BCUT2D eigenvalue weighted by Gasteiger charge is -2.25. The molecule has 7 heteroatoms. The molecule has 0 spiro atoms. The summed E-state index contributed by atoms with van der Waals surface area (Å²) in [6.07, 6.45) is 1.72. The van der Waals surface area contributed by atoms with Crippen LogP contribution in [0.4, 0.5) is 11.6 Å². The van der Waals surface area contributed by atoms with Gasteiger partial charge in [-0.25, -0.2) is 9.97 Å². The van der Waals surface area contributed by atoms with Crippen LogP contribution in [0.15, 0.2) is 77.0 Å². The highest BCUT2D eigenvalue weighted by Crippen LogP contribution is 2.56. The van der Waals surface area contributed by atoms with Crippen molar-refractivity contribution in [1.82, 2.24) is 9.97 Å². The van der Waals surface area contributed by atoms with E-state index in [1.54, 1.807) is 18.2 Å². The Morgan fingerprint density at radius 2 is 1.72 bits per heavy atom. The molecule has 5 rings (SSSR count). The molecule has 1 aliphatic rings. The predicted octanol–water partition coefficient (Wildman–Crippen LogP) is 6.79. The number of fused-ring (bicyclic) bond motifs is 2. The van der Waals surface area contributed by atoms with Crippen molar-refractivity contribution >= 4 is 50.8 Å². The van der Waals surface area contributed by atoms with Crippen molar-refractivity contribution in [2.45, 2.75) is 4.90 Å². The van der Waals surface area contributed by atoms with E-state index in [1.807, 2.05) is 54.6 Å². The van der Waals surface area contributed by atoms with Crippen molar-refractivity contribution in [2.24, 2.45) is 0 Å². The Kier molecular flexibility index (Phi) is 4.29. The van der Waals surface area contributed by atoms with E-state index in [1.165, 1.54) is 5.41 Å². The maximum atomic E-state index is 10.2. The molecule has 4 aromatic rings. The number of rotatable bonds is 3. The molecule has 3 N–H and O–H groups in total. The van der Waals surface area contributed by atoms with Crippen LogP contribution < -0.4 is 5.32 Å². The third kappa shape index (κ3) is 3.36. The smallest absolute Gasteiger partial charge is 0.228 e. The standard InChI is InChI=1S/C22H16ClN3O2S/c23-16-7-9-19-18(12-16)21(15-4-2-1-3-5-15)26-22(25-19)24-17-8-6-14-10-11-29(27,28)20(14)13-17/h1-13,27-28H,(H,24,25,26). The molecule has 1 aliphatic heterocycles. The minimum absolute atomic E-state index is 0.418. The third-order valence-electron chi connectivity index (χ3n) is 4.74. The topological polar surface area (TPSA) is 78.3 Å². The summed E-state index contributed by atoms with van der Waals surface area (Å²) in [6, 6.07) is 20.8. The summed E-state index contributed by atoms with van der Waals surface area (Å²) in [4.78, 5) is 9.83. The Balaban J connectivity index is 1.61. The van der Waals surface area contributed by atoms with Gasteiger partial charge in [0.05, 0.1) is 16.1 Å². The molecule has 0 radical (unpaired) electrons. The van der Waals surface area contributed by atoms with Crippen LogP contribution in [0.1, 0.15) is 5.56 Å². The highest BCUT2D eigenvalue weighted by atomic mass is 35.5. The molecule has 0 bridgehead atoms. The van der Waals surface area contributed by atoms with Crippen LogP contribution in [0, 0.1) is 0 Å². The largest absolute Gasteiger partial charge is 0.324 e. The quantitative estimate of drug-likeness (QED) is 0.339. The van der Waals surface area contributed by atoms with Gasteiger partial charge in [0.1, 0.15) is 0 Å². The van der Waals surface area contributed by atoms with Gasteiger partial charge >= 0.3 is 0 Å². The van der Waals surface area contributed by atoms with E-state index >= 15 is 0 Å². The highest BCUT2D eigenvalue weighted by Gasteiger charge is 2.22. The Hall–Kier alpha value is -2.90. The number of hydrogen-bond donors (Lipinski definition) is 3. The van der Waals surface area contributed by atoms with Crippen molar-refractivity contribution < 1.29 is 9.11 Å². The van der Waals surface area contributed by atoms with Crippen LogP contribution in [-0.2, 0) is 0 Å². The van der Waals surface area contributed by atoms with E-state index in [0.29, 0.717) is 21.6 Å². The number of hydrogen-bond acceptors (Lipinski definition) is 5. The molecule has 0 aliphatic carbocycles. The monoisotopic (exact) mass is 421 g/mol. The first-order chi connectivity index (χ1) is 14.0. The van der Waals surface area contributed by atoms with Crippen molar-refractivity contribution in [2.75, 3.05) is 5.32 Å². The molecule has 2 heterocycles. The van der Waals surface area contributed by atoms with E-state index in [-0.39, 0.29) is 0 Å². The average Bonchev–Trinajstić information content (AvgIpc) is 3.03. The van der Waals surface area contributed by atoms with Gasteiger partial charge in [-0.1, -0.05) is 48.0 Å². The molecule has 0 fully saturated rings. The summed E-state index contributed by atoms with van der Waals surface area (Å²) in [7, 11) is -2.89. The normalized spacial score (nSPS) is 15.3. The van der Waals surface area contributed by atoms with Crippen molar-refractivity contribution in [1.29, 1.82) is 0 Å². The lowest BCUT2D eigenvalue weighted by atomic mass is 10.1. The second kappa shape index (κ2) is 6.86. The third-order valence-corrected chi connectivity index (χ3v) is 6.49. The van der Waals surface area contributed by atoms with Crippen molar-refractivity contribution in [3.05, 3.63) is 82.7 Å². The second-order valence-electron chi connectivity index (χ2n) is 6.70. The van der Waals surface area contributed by atoms with Crippen molar-refractivity contribution in [3.63, 3.8) is 0 Å². The van der Waals surface area contributed by atoms with Gasteiger partial charge < -0.3 is 5.32 Å². The minimum atomic E-state index is -2.89.